The molecule has 4 nitrogen and oxygen atoms in total. The summed E-state index contributed by atoms with van der Waals surface area (Å²) in [7, 11) is 5.21. The number of rotatable bonds is 5. The predicted molar refractivity (Wildman–Crippen MR) is 72.6 cm³/mol. The summed E-state index contributed by atoms with van der Waals surface area (Å²) in [6.07, 6.45) is 0.319. The summed E-state index contributed by atoms with van der Waals surface area (Å²) in [4.78, 5) is 11.7. The van der Waals surface area contributed by atoms with E-state index in [0.717, 1.165) is 11.3 Å². The van der Waals surface area contributed by atoms with Crippen LogP contribution < -0.4 is 10.2 Å². The molecular formula is C14H22N2O2. The fourth-order valence-corrected chi connectivity index (χ4v) is 1.73. The van der Waals surface area contributed by atoms with E-state index in [9.17, 15) is 4.79 Å². The topological polar surface area (TPSA) is 41.6 Å². The molecule has 0 unspecified atom stereocenters. The Kier molecular flexibility index (Phi) is 5.16. The standard InChI is InChI=1S/C14H22N2O2/c1-10(2)11-6-7-12(13(8-11)18-5)9-14(17)15-16(3)4/h6-8,10H,9H2,1-5H3,(H,15,17). The Morgan fingerprint density at radius 1 is 1.39 bits per heavy atom. The number of methoxy groups -OCH3 is 1. The lowest BCUT2D eigenvalue weighted by Gasteiger charge is -2.14. The van der Waals surface area contributed by atoms with Gasteiger partial charge in [0.15, 0.2) is 0 Å². The van der Waals surface area contributed by atoms with Crippen LogP contribution in [0.1, 0.15) is 30.9 Å². The van der Waals surface area contributed by atoms with E-state index in [2.05, 4.69) is 19.3 Å². The van der Waals surface area contributed by atoms with Crippen molar-refractivity contribution in [1.82, 2.24) is 10.4 Å². The molecule has 0 fully saturated rings. The average molecular weight is 250 g/mol. The van der Waals surface area contributed by atoms with Crippen LogP contribution in [0, 0.1) is 0 Å². The SMILES string of the molecule is COc1cc(C(C)C)ccc1CC(=O)NN(C)C. The molecule has 0 aliphatic heterocycles. The van der Waals surface area contributed by atoms with Gasteiger partial charge in [0.2, 0.25) is 5.91 Å². The maximum absolute atomic E-state index is 11.7. The maximum atomic E-state index is 11.7. The number of benzene rings is 1. The molecule has 100 valence electrons. The summed E-state index contributed by atoms with van der Waals surface area (Å²) in [5.41, 5.74) is 4.83. The molecule has 1 aromatic rings. The smallest absolute Gasteiger partial charge is 0.238 e. The van der Waals surface area contributed by atoms with E-state index in [1.165, 1.54) is 5.56 Å². The van der Waals surface area contributed by atoms with Crippen molar-refractivity contribution in [2.24, 2.45) is 0 Å². The molecule has 0 aliphatic carbocycles. The number of hydrazine groups is 1. The van der Waals surface area contributed by atoms with Gasteiger partial charge < -0.3 is 4.74 Å². The van der Waals surface area contributed by atoms with Gasteiger partial charge in [-0.15, -0.1) is 0 Å². The number of carbonyl (C=O) groups excluding carboxylic acids is 1. The average Bonchev–Trinajstić information content (AvgIpc) is 2.27. The van der Waals surface area contributed by atoms with Gasteiger partial charge in [0.25, 0.3) is 0 Å². The summed E-state index contributed by atoms with van der Waals surface area (Å²) in [5.74, 6) is 1.18. The first kappa shape index (κ1) is 14.5. The van der Waals surface area contributed by atoms with Crippen LogP contribution in [0.4, 0.5) is 0 Å². The largest absolute Gasteiger partial charge is 0.496 e. The van der Waals surface area contributed by atoms with Crippen molar-refractivity contribution >= 4 is 5.91 Å². The molecule has 4 heteroatoms. The molecule has 0 spiro atoms. The van der Waals surface area contributed by atoms with E-state index in [1.54, 1.807) is 26.2 Å². The van der Waals surface area contributed by atoms with Crippen molar-refractivity contribution in [2.75, 3.05) is 21.2 Å². The zero-order chi connectivity index (χ0) is 13.7. The zero-order valence-electron chi connectivity index (χ0n) is 11.8. The number of nitrogens with zero attached hydrogens (tertiary/aromatic N) is 1. The minimum Gasteiger partial charge on any atom is -0.496 e. The van der Waals surface area contributed by atoms with Gasteiger partial charge in [0.05, 0.1) is 13.5 Å². The highest BCUT2D eigenvalue weighted by molar-refractivity contribution is 5.78. The molecule has 0 saturated carbocycles. The Bertz CT molecular complexity index is 414. The Morgan fingerprint density at radius 3 is 2.56 bits per heavy atom. The van der Waals surface area contributed by atoms with E-state index < -0.39 is 0 Å². The quantitative estimate of drug-likeness (QED) is 0.812. The van der Waals surface area contributed by atoms with Gasteiger partial charge in [0, 0.05) is 19.7 Å². The lowest BCUT2D eigenvalue weighted by atomic mass is 10.00. The number of hydrogen-bond donors (Lipinski definition) is 1. The monoisotopic (exact) mass is 250 g/mol. The summed E-state index contributed by atoms with van der Waals surface area (Å²) in [5, 5.41) is 1.64. The van der Waals surface area contributed by atoms with Gasteiger partial charge in [-0.2, -0.15) is 0 Å². The van der Waals surface area contributed by atoms with Crippen LogP contribution >= 0.6 is 0 Å². The van der Waals surface area contributed by atoms with Crippen LogP contribution in [0.5, 0.6) is 5.75 Å². The summed E-state index contributed by atoms with van der Waals surface area (Å²) < 4.78 is 5.35. The Hall–Kier alpha value is -1.55. The van der Waals surface area contributed by atoms with E-state index in [0.29, 0.717) is 12.3 Å². The highest BCUT2D eigenvalue weighted by Crippen LogP contribution is 2.25. The second-order valence-electron chi connectivity index (χ2n) is 4.83. The molecule has 1 N–H and O–H groups in total. The molecule has 0 aliphatic rings. The molecule has 0 radical (unpaired) electrons. The van der Waals surface area contributed by atoms with Crippen molar-refractivity contribution in [1.29, 1.82) is 0 Å². The van der Waals surface area contributed by atoms with Crippen LogP contribution in [0.15, 0.2) is 18.2 Å². The molecule has 0 bridgehead atoms. The number of nitrogens with one attached hydrogen (secondary N) is 1. The van der Waals surface area contributed by atoms with Crippen molar-refractivity contribution in [3.8, 4) is 5.75 Å². The van der Waals surface area contributed by atoms with Crippen molar-refractivity contribution in [2.45, 2.75) is 26.2 Å². The third-order valence-corrected chi connectivity index (χ3v) is 2.68. The van der Waals surface area contributed by atoms with Crippen molar-refractivity contribution in [3.05, 3.63) is 29.3 Å². The van der Waals surface area contributed by atoms with E-state index in [1.807, 2.05) is 18.2 Å². The minimum absolute atomic E-state index is 0.0457. The van der Waals surface area contributed by atoms with Gasteiger partial charge in [-0.25, -0.2) is 5.01 Å². The molecule has 0 heterocycles. The van der Waals surface area contributed by atoms with Crippen LogP contribution in [-0.4, -0.2) is 32.1 Å². The molecule has 18 heavy (non-hydrogen) atoms. The van der Waals surface area contributed by atoms with Crippen LogP contribution in [0.3, 0.4) is 0 Å². The number of amides is 1. The zero-order valence-corrected chi connectivity index (χ0v) is 11.8. The predicted octanol–water partition coefficient (Wildman–Crippen LogP) is 1.95. The minimum atomic E-state index is -0.0457. The second kappa shape index (κ2) is 6.40. The summed E-state index contributed by atoms with van der Waals surface area (Å²) >= 11 is 0. The van der Waals surface area contributed by atoms with Gasteiger partial charge >= 0.3 is 0 Å². The number of ether oxygens (including phenoxy) is 1. The van der Waals surface area contributed by atoms with Crippen LogP contribution in [0.2, 0.25) is 0 Å². The van der Waals surface area contributed by atoms with Gasteiger partial charge in [-0.05, 0) is 17.5 Å². The normalized spacial score (nSPS) is 10.8. The fraction of sp³-hybridized carbons (Fsp3) is 0.500. The molecule has 1 amide bonds. The lowest BCUT2D eigenvalue weighted by molar-refractivity contribution is -0.124. The first-order valence-corrected chi connectivity index (χ1v) is 6.07. The molecule has 1 rings (SSSR count). The molecular weight excluding hydrogens is 228 g/mol. The van der Waals surface area contributed by atoms with Gasteiger partial charge in [0.1, 0.15) is 5.75 Å². The highest BCUT2D eigenvalue weighted by Gasteiger charge is 2.11. The molecule has 1 aromatic carbocycles. The number of carbonyl (C=O) groups is 1. The Morgan fingerprint density at radius 2 is 2.06 bits per heavy atom. The summed E-state index contributed by atoms with van der Waals surface area (Å²) in [6, 6.07) is 6.01. The number of hydrogen-bond acceptors (Lipinski definition) is 3. The lowest BCUT2D eigenvalue weighted by Crippen LogP contribution is -2.37. The van der Waals surface area contributed by atoms with Crippen LogP contribution in [0.25, 0.3) is 0 Å². The molecule has 0 atom stereocenters. The van der Waals surface area contributed by atoms with E-state index in [4.69, 9.17) is 4.74 Å². The third kappa shape index (κ3) is 4.04. The fourth-order valence-electron chi connectivity index (χ4n) is 1.73. The first-order valence-electron chi connectivity index (χ1n) is 6.07. The van der Waals surface area contributed by atoms with Crippen molar-refractivity contribution in [3.63, 3.8) is 0 Å². The van der Waals surface area contributed by atoms with Crippen molar-refractivity contribution < 1.29 is 9.53 Å². The molecule has 0 saturated heterocycles. The maximum Gasteiger partial charge on any atom is 0.238 e. The Balaban J connectivity index is 2.86. The first-order chi connectivity index (χ1) is 8.43. The Labute approximate surface area is 109 Å². The van der Waals surface area contributed by atoms with Gasteiger partial charge in [-0.1, -0.05) is 26.0 Å². The van der Waals surface area contributed by atoms with E-state index in [-0.39, 0.29) is 5.91 Å². The van der Waals surface area contributed by atoms with Gasteiger partial charge in [-0.3, -0.25) is 10.2 Å². The van der Waals surface area contributed by atoms with E-state index >= 15 is 0 Å². The second-order valence-corrected chi connectivity index (χ2v) is 4.83. The highest BCUT2D eigenvalue weighted by atomic mass is 16.5. The van der Waals surface area contributed by atoms with Crippen LogP contribution in [-0.2, 0) is 11.2 Å². The third-order valence-electron chi connectivity index (χ3n) is 2.68. The summed E-state index contributed by atoms with van der Waals surface area (Å²) in [6.45, 7) is 4.26. The molecule has 0 aromatic heterocycles.